The number of carbonyl (C=O) groups is 2. The monoisotopic (exact) mass is 520 g/mol. The minimum absolute atomic E-state index is 0. The van der Waals surface area contributed by atoms with Gasteiger partial charge in [0.05, 0.1) is 0 Å². The van der Waals surface area contributed by atoms with E-state index in [1.54, 1.807) is 7.05 Å². The van der Waals surface area contributed by atoms with Gasteiger partial charge in [0, 0.05) is 72.5 Å². The molecule has 0 rings (SSSR count). The first-order valence-corrected chi connectivity index (χ1v) is 6.17. The number of nitrogens with one attached hydrogen (secondary N) is 1. The molecule has 0 saturated carbocycles. The third-order valence-corrected chi connectivity index (χ3v) is 2.08. The van der Waals surface area contributed by atoms with E-state index in [2.05, 4.69) is 10.6 Å². The summed E-state index contributed by atoms with van der Waals surface area (Å²) in [6, 6.07) is 0.0387. The normalized spacial score (nSPS) is 9.89. The van der Waals surface area contributed by atoms with Gasteiger partial charge in [0.15, 0.2) is 0 Å². The van der Waals surface area contributed by atoms with Crippen molar-refractivity contribution in [3.05, 3.63) is 5.32 Å². The minimum atomic E-state index is -0.328. The van der Waals surface area contributed by atoms with Gasteiger partial charge in [0.25, 0.3) is 0 Å². The summed E-state index contributed by atoms with van der Waals surface area (Å²) >= 11 is 0. The zero-order valence-electron chi connectivity index (χ0n) is 12.4. The molecule has 0 saturated heterocycles. The number of nitrogens with zero attached hydrogens (tertiary/aromatic N) is 1. The fraction of sp³-hybridized carbons (Fsp3) is 0.833. The number of hydrogen-bond acceptors (Lipinski definition) is 2. The first-order valence-electron chi connectivity index (χ1n) is 6.17. The molecule has 112 valence electrons. The van der Waals surface area contributed by atoms with Gasteiger partial charge in [-0.2, -0.15) is 7.05 Å². The van der Waals surface area contributed by atoms with Crippen LogP contribution in [-0.4, -0.2) is 31.4 Å². The first kappa shape index (κ1) is 27.9. The molecule has 0 bridgehead atoms. The standard InChI is InChI=1S/C10H20N3O2.C2H6.Re.Y/c1-8(14)13-9(4-3-7-12-2)5-6-10(11)15;1-2;;/h9H,3-7H2,1-2H3,(H2,11,15)(H,13,14);1-2H3;;/q-1;;;. The molecule has 1 unspecified atom stereocenters. The maximum atomic E-state index is 10.9. The molecule has 0 aliphatic carbocycles. The third-order valence-electron chi connectivity index (χ3n) is 2.08. The van der Waals surface area contributed by atoms with Crippen LogP contribution in [0.2, 0.25) is 0 Å². The van der Waals surface area contributed by atoms with Gasteiger partial charge >= 0.3 is 0 Å². The van der Waals surface area contributed by atoms with Gasteiger partial charge in [-0.3, -0.25) is 9.59 Å². The van der Waals surface area contributed by atoms with Crippen molar-refractivity contribution >= 4 is 11.8 Å². The second-order valence-corrected chi connectivity index (χ2v) is 3.58. The van der Waals surface area contributed by atoms with E-state index in [9.17, 15) is 9.59 Å². The largest absolute Gasteiger partial charge is 0.665 e. The van der Waals surface area contributed by atoms with Crippen LogP contribution in [-0.2, 0) is 62.7 Å². The molecule has 0 spiro atoms. The van der Waals surface area contributed by atoms with Gasteiger partial charge in [0.1, 0.15) is 0 Å². The fourth-order valence-electron chi connectivity index (χ4n) is 1.39. The van der Waals surface area contributed by atoms with Gasteiger partial charge in [-0.15, -0.1) is 6.54 Å². The first-order chi connectivity index (χ1) is 8.06. The van der Waals surface area contributed by atoms with Crippen LogP contribution in [0, 0.1) is 0 Å². The molecule has 0 aliphatic rings. The summed E-state index contributed by atoms with van der Waals surface area (Å²) in [4.78, 5) is 21.5. The number of hydrogen-bond donors (Lipinski definition) is 2. The zero-order valence-corrected chi connectivity index (χ0v) is 18.0. The van der Waals surface area contributed by atoms with Crippen molar-refractivity contribution in [3.8, 4) is 0 Å². The second kappa shape index (κ2) is 21.0. The Morgan fingerprint density at radius 1 is 1.26 bits per heavy atom. The SMILES string of the molecule is CC.C[N-]CCCC(CCC(N)=O)NC(C)=O.[Re].[Y]. The van der Waals surface area contributed by atoms with Crippen LogP contribution in [0.3, 0.4) is 0 Å². The Labute approximate surface area is 156 Å². The Hall–Kier alpha value is 0.666. The van der Waals surface area contributed by atoms with Crippen LogP contribution in [0.5, 0.6) is 0 Å². The fourth-order valence-corrected chi connectivity index (χ4v) is 1.39. The van der Waals surface area contributed by atoms with E-state index in [-0.39, 0.29) is 71.0 Å². The average molecular weight is 519 g/mol. The summed E-state index contributed by atoms with van der Waals surface area (Å²) < 4.78 is 0. The van der Waals surface area contributed by atoms with Gasteiger partial charge in [-0.25, -0.2) is 0 Å². The molecular formula is C12H26N3O2ReY-. The quantitative estimate of drug-likeness (QED) is 0.477. The van der Waals surface area contributed by atoms with Crippen molar-refractivity contribution in [1.82, 2.24) is 5.32 Å². The number of nitrogens with two attached hydrogens (primary N) is 1. The molecule has 3 N–H and O–H groups in total. The summed E-state index contributed by atoms with van der Waals surface area (Å²) in [7, 11) is 1.76. The van der Waals surface area contributed by atoms with Crippen molar-refractivity contribution < 1.29 is 62.7 Å². The van der Waals surface area contributed by atoms with Crippen LogP contribution >= 0.6 is 0 Å². The van der Waals surface area contributed by atoms with Crippen molar-refractivity contribution in [2.24, 2.45) is 5.73 Å². The molecule has 0 aromatic carbocycles. The molecule has 19 heavy (non-hydrogen) atoms. The van der Waals surface area contributed by atoms with Gasteiger partial charge in [-0.1, -0.05) is 20.3 Å². The van der Waals surface area contributed by atoms with Crippen LogP contribution in [0.15, 0.2) is 0 Å². The summed E-state index contributed by atoms with van der Waals surface area (Å²) in [5.74, 6) is -0.400. The second-order valence-electron chi connectivity index (χ2n) is 3.58. The molecule has 1 atom stereocenters. The Kier molecular flexibility index (Phi) is 30.8. The molecule has 0 heterocycles. The number of carbonyl (C=O) groups excluding carboxylic acids is 2. The molecule has 2 radical (unpaired) electrons. The van der Waals surface area contributed by atoms with E-state index in [0.29, 0.717) is 12.8 Å². The topological polar surface area (TPSA) is 86.3 Å². The number of rotatable bonds is 8. The number of primary amides is 1. The van der Waals surface area contributed by atoms with Crippen LogP contribution in [0.25, 0.3) is 5.32 Å². The van der Waals surface area contributed by atoms with Crippen LogP contribution in [0.4, 0.5) is 0 Å². The van der Waals surface area contributed by atoms with Crippen LogP contribution < -0.4 is 11.1 Å². The predicted molar refractivity (Wildman–Crippen MR) is 70.8 cm³/mol. The average Bonchev–Trinajstić information content (AvgIpc) is 2.28. The van der Waals surface area contributed by atoms with Crippen molar-refractivity contribution in [3.63, 3.8) is 0 Å². The molecule has 7 heteroatoms. The summed E-state index contributed by atoms with van der Waals surface area (Å²) in [5.41, 5.74) is 5.06. The van der Waals surface area contributed by atoms with E-state index in [1.165, 1.54) is 6.92 Å². The molecule has 0 aliphatic heterocycles. The van der Waals surface area contributed by atoms with E-state index >= 15 is 0 Å². The Bertz CT molecular complexity index is 219. The van der Waals surface area contributed by atoms with Crippen molar-refractivity contribution in [2.75, 3.05) is 13.6 Å². The number of amides is 2. The molecule has 0 fully saturated rings. The van der Waals surface area contributed by atoms with E-state index in [4.69, 9.17) is 5.73 Å². The zero-order chi connectivity index (χ0) is 13.7. The molecular weight excluding hydrogens is 493 g/mol. The van der Waals surface area contributed by atoms with E-state index in [0.717, 1.165) is 19.4 Å². The maximum absolute atomic E-state index is 10.9. The van der Waals surface area contributed by atoms with Crippen molar-refractivity contribution in [1.29, 1.82) is 0 Å². The minimum Gasteiger partial charge on any atom is -0.665 e. The van der Waals surface area contributed by atoms with E-state index < -0.39 is 0 Å². The summed E-state index contributed by atoms with van der Waals surface area (Å²) in [5, 5.41) is 6.78. The van der Waals surface area contributed by atoms with Gasteiger partial charge in [-0.05, 0) is 12.8 Å². The third kappa shape index (κ3) is 24.1. The summed E-state index contributed by atoms with van der Waals surface area (Å²) in [6.07, 6.45) is 2.68. The van der Waals surface area contributed by atoms with E-state index in [1.807, 2.05) is 13.8 Å². The molecule has 5 nitrogen and oxygen atoms in total. The van der Waals surface area contributed by atoms with Gasteiger partial charge < -0.3 is 16.4 Å². The van der Waals surface area contributed by atoms with Gasteiger partial charge in [0.2, 0.25) is 11.8 Å². The molecule has 2 amide bonds. The summed E-state index contributed by atoms with van der Waals surface area (Å²) in [6.45, 7) is 6.26. The Balaban J connectivity index is -0.000000267. The maximum Gasteiger partial charge on any atom is 0.217 e. The van der Waals surface area contributed by atoms with Crippen molar-refractivity contribution in [2.45, 2.75) is 52.5 Å². The molecule has 0 aromatic heterocycles. The van der Waals surface area contributed by atoms with Crippen LogP contribution in [0.1, 0.15) is 46.5 Å². The Morgan fingerprint density at radius 3 is 2.16 bits per heavy atom. The smallest absolute Gasteiger partial charge is 0.217 e. The molecule has 0 aromatic rings. The predicted octanol–water partition coefficient (Wildman–Crippen LogP) is 1.56. The Morgan fingerprint density at radius 2 is 1.79 bits per heavy atom.